The number of amides is 1. The Hall–Kier alpha value is -1.62. The first-order valence-electron chi connectivity index (χ1n) is 5.09. The van der Waals surface area contributed by atoms with Crippen LogP contribution >= 0.6 is 0 Å². The Balaban J connectivity index is 2.55. The average molecular weight is 226 g/mol. The number of rotatable bonds is 5. The molecule has 1 aromatic carbocycles. The third-order valence-corrected chi connectivity index (χ3v) is 2.13. The van der Waals surface area contributed by atoms with E-state index < -0.39 is 11.7 Å². The second-order valence-electron chi connectivity index (χ2n) is 3.42. The van der Waals surface area contributed by atoms with E-state index in [2.05, 4.69) is 5.32 Å². The molecule has 1 rings (SSSR count). The fraction of sp³-hybridized carbons (Fsp3) is 0.364. The van der Waals surface area contributed by atoms with Gasteiger partial charge in [0.05, 0.1) is 5.56 Å². The Morgan fingerprint density at radius 3 is 2.88 bits per heavy atom. The van der Waals surface area contributed by atoms with Crippen molar-refractivity contribution in [3.8, 4) is 0 Å². The van der Waals surface area contributed by atoms with Crippen molar-refractivity contribution in [2.45, 2.75) is 12.8 Å². The van der Waals surface area contributed by atoms with Gasteiger partial charge in [-0.2, -0.15) is 0 Å². The molecule has 0 aliphatic heterocycles. The first-order valence-corrected chi connectivity index (χ1v) is 5.09. The maximum atomic E-state index is 12.9. The lowest BCUT2D eigenvalue weighted by molar-refractivity contribution is 0.0952. The number of carbonyl (C=O) groups excluding carboxylic acids is 1. The summed E-state index contributed by atoms with van der Waals surface area (Å²) in [5.74, 6) is -0.885. The molecule has 5 heteroatoms. The molecule has 16 heavy (non-hydrogen) atoms. The van der Waals surface area contributed by atoms with E-state index in [4.69, 9.17) is 10.8 Å². The summed E-state index contributed by atoms with van der Waals surface area (Å²) in [6, 6.07) is 3.67. The van der Waals surface area contributed by atoms with Crippen molar-refractivity contribution >= 4 is 11.6 Å². The maximum Gasteiger partial charge on any atom is 0.253 e. The molecule has 0 spiro atoms. The molecule has 0 fully saturated rings. The largest absolute Gasteiger partial charge is 0.398 e. The molecule has 88 valence electrons. The molecule has 0 aromatic heterocycles. The lowest BCUT2D eigenvalue weighted by Gasteiger charge is -2.07. The van der Waals surface area contributed by atoms with Crippen LogP contribution in [-0.4, -0.2) is 24.2 Å². The van der Waals surface area contributed by atoms with Crippen molar-refractivity contribution in [2.24, 2.45) is 0 Å². The molecule has 0 atom stereocenters. The molecule has 0 bridgehead atoms. The number of nitrogen functional groups attached to an aromatic ring is 1. The van der Waals surface area contributed by atoms with Crippen LogP contribution in [0.4, 0.5) is 10.1 Å². The molecule has 1 amide bonds. The smallest absolute Gasteiger partial charge is 0.253 e. The van der Waals surface area contributed by atoms with Crippen molar-refractivity contribution in [1.82, 2.24) is 5.32 Å². The number of unbranched alkanes of at least 4 members (excludes halogenated alkanes) is 1. The number of halogens is 1. The zero-order valence-electron chi connectivity index (χ0n) is 8.87. The number of hydrogen-bond donors (Lipinski definition) is 3. The third-order valence-electron chi connectivity index (χ3n) is 2.13. The normalized spacial score (nSPS) is 10.1. The molecule has 0 unspecified atom stereocenters. The van der Waals surface area contributed by atoms with Crippen LogP contribution in [0.3, 0.4) is 0 Å². The summed E-state index contributed by atoms with van der Waals surface area (Å²) in [6.45, 7) is 0.535. The number of nitrogens with one attached hydrogen (secondary N) is 1. The van der Waals surface area contributed by atoms with E-state index >= 15 is 0 Å². The van der Waals surface area contributed by atoms with Crippen LogP contribution < -0.4 is 11.1 Å². The van der Waals surface area contributed by atoms with Gasteiger partial charge in [0.15, 0.2) is 0 Å². The molecule has 0 radical (unpaired) electrons. The second-order valence-corrected chi connectivity index (χ2v) is 3.42. The molecule has 0 saturated carbocycles. The molecule has 0 aliphatic rings. The van der Waals surface area contributed by atoms with Crippen LogP contribution in [0.25, 0.3) is 0 Å². The lowest BCUT2D eigenvalue weighted by atomic mass is 10.1. The highest BCUT2D eigenvalue weighted by Crippen LogP contribution is 2.12. The fourth-order valence-corrected chi connectivity index (χ4v) is 1.26. The van der Waals surface area contributed by atoms with E-state index in [0.717, 1.165) is 6.07 Å². The molecule has 4 N–H and O–H groups in total. The standard InChI is InChI=1S/C11H15FN2O2/c12-8-3-4-10(13)9(7-8)11(16)14-5-1-2-6-15/h3-4,7,15H,1-2,5-6,13H2,(H,14,16). The first-order chi connectivity index (χ1) is 7.65. The van der Waals surface area contributed by atoms with Crippen LogP contribution in [0.15, 0.2) is 18.2 Å². The number of nitrogens with two attached hydrogens (primary N) is 1. The third kappa shape index (κ3) is 3.51. The first kappa shape index (κ1) is 12.4. The fourth-order valence-electron chi connectivity index (χ4n) is 1.26. The zero-order chi connectivity index (χ0) is 12.0. The van der Waals surface area contributed by atoms with Gasteiger partial charge in [0.1, 0.15) is 5.82 Å². The highest BCUT2D eigenvalue weighted by atomic mass is 19.1. The van der Waals surface area contributed by atoms with E-state index in [1.807, 2.05) is 0 Å². The Labute approximate surface area is 93.3 Å². The highest BCUT2D eigenvalue weighted by molar-refractivity contribution is 5.99. The van der Waals surface area contributed by atoms with Gasteiger partial charge in [0.2, 0.25) is 0 Å². The number of benzene rings is 1. The number of anilines is 1. The molecule has 0 heterocycles. The van der Waals surface area contributed by atoms with Crippen LogP contribution in [-0.2, 0) is 0 Å². The van der Waals surface area contributed by atoms with Crippen molar-refractivity contribution in [3.05, 3.63) is 29.6 Å². The Morgan fingerprint density at radius 2 is 2.19 bits per heavy atom. The van der Waals surface area contributed by atoms with Crippen molar-refractivity contribution in [3.63, 3.8) is 0 Å². The van der Waals surface area contributed by atoms with Crippen molar-refractivity contribution < 1.29 is 14.3 Å². The summed E-state index contributed by atoms with van der Waals surface area (Å²) >= 11 is 0. The van der Waals surface area contributed by atoms with Gasteiger partial charge in [-0.1, -0.05) is 0 Å². The monoisotopic (exact) mass is 226 g/mol. The van der Waals surface area contributed by atoms with Crippen molar-refractivity contribution in [2.75, 3.05) is 18.9 Å². The van der Waals surface area contributed by atoms with Gasteiger partial charge in [-0.25, -0.2) is 4.39 Å². The lowest BCUT2D eigenvalue weighted by Crippen LogP contribution is -2.25. The van der Waals surface area contributed by atoms with E-state index in [9.17, 15) is 9.18 Å². The van der Waals surface area contributed by atoms with E-state index in [1.165, 1.54) is 12.1 Å². The van der Waals surface area contributed by atoms with Gasteiger partial charge in [-0.15, -0.1) is 0 Å². The number of aliphatic hydroxyl groups is 1. The molecule has 1 aromatic rings. The van der Waals surface area contributed by atoms with E-state index in [-0.39, 0.29) is 17.9 Å². The molecule has 0 saturated heterocycles. The number of hydrogen-bond acceptors (Lipinski definition) is 3. The highest BCUT2D eigenvalue weighted by Gasteiger charge is 2.09. The maximum absolute atomic E-state index is 12.9. The zero-order valence-corrected chi connectivity index (χ0v) is 8.87. The Bertz CT molecular complexity index is 369. The van der Waals surface area contributed by atoms with Crippen LogP contribution in [0.1, 0.15) is 23.2 Å². The summed E-state index contributed by atoms with van der Waals surface area (Å²) in [4.78, 5) is 11.6. The summed E-state index contributed by atoms with van der Waals surface area (Å²) in [5.41, 5.74) is 5.95. The van der Waals surface area contributed by atoms with E-state index in [1.54, 1.807) is 0 Å². The minimum Gasteiger partial charge on any atom is -0.398 e. The van der Waals surface area contributed by atoms with E-state index in [0.29, 0.717) is 19.4 Å². The van der Waals surface area contributed by atoms with Gasteiger partial charge < -0.3 is 16.2 Å². The predicted octanol–water partition coefficient (Wildman–Crippen LogP) is 0.910. The van der Waals surface area contributed by atoms with Gasteiger partial charge >= 0.3 is 0 Å². The van der Waals surface area contributed by atoms with Crippen molar-refractivity contribution in [1.29, 1.82) is 0 Å². The Morgan fingerprint density at radius 1 is 1.44 bits per heavy atom. The van der Waals surface area contributed by atoms with Gasteiger partial charge in [-0.3, -0.25) is 4.79 Å². The topological polar surface area (TPSA) is 75.4 Å². The molecular weight excluding hydrogens is 211 g/mol. The number of carbonyl (C=O) groups is 1. The molecule has 0 aliphatic carbocycles. The van der Waals surface area contributed by atoms with Gasteiger partial charge in [0.25, 0.3) is 5.91 Å². The molecular formula is C11H15FN2O2. The van der Waals surface area contributed by atoms with Gasteiger partial charge in [0, 0.05) is 18.8 Å². The van der Waals surface area contributed by atoms with Crippen LogP contribution in [0, 0.1) is 5.82 Å². The summed E-state index contributed by atoms with van der Waals surface area (Å²) in [6.07, 6.45) is 1.30. The van der Waals surface area contributed by atoms with Crippen LogP contribution in [0.2, 0.25) is 0 Å². The SMILES string of the molecule is Nc1ccc(F)cc1C(=O)NCCCCO. The summed E-state index contributed by atoms with van der Waals surface area (Å²) in [5, 5.41) is 11.2. The van der Waals surface area contributed by atoms with Gasteiger partial charge in [-0.05, 0) is 31.0 Å². The predicted molar refractivity (Wildman–Crippen MR) is 59.5 cm³/mol. The van der Waals surface area contributed by atoms with Crippen LogP contribution in [0.5, 0.6) is 0 Å². The summed E-state index contributed by atoms with van der Waals surface area (Å²) in [7, 11) is 0. The Kier molecular flexibility index (Phi) is 4.72. The summed E-state index contributed by atoms with van der Waals surface area (Å²) < 4.78 is 12.9. The minimum atomic E-state index is -0.491. The number of aliphatic hydroxyl groups excluding tert-OH is 1. The average Bonchev–Trinajstić information content (AvgIpc) is 2.27. The second kappa shape index (κ2) is 6.07. The molecule has 4 nitrogen and oxygen atoms in total. The minimum absolute atomic E-state index is 0.0952. The quantitative estimate of drug-likeness (QED) is 0.516.